The van der Waals surface area contributed by atoms with Gasteiger partial charge in [0.25, 0.3) is 5.91 Å². The molecule has 2 aromatic carbocycles. The van der Waals surface area contributed by atoms with E-state index in [1.807, 2.05) is 66.4 Å². The third-order valence-corrected chi connectivity index (χ3v) is 4.67. The Morgan fingerprint density at radius 2 is 1.65 bits per heavy atom. The lowest BCUT2D eigenvalue weighted by Gasteiger charge is -2.30. The third-order valence-electron chi connectivity index (χ3n) is 4.67. The van der Waals surface area contributed by atoms with Crippen LogP contribution in [0.3, 0.4) is 0 Å². The summed E-state index contributed by atoms with van der Waals surface area (Å²) in [7, 11) is 0. The average molecular weight is 351 g/mol. The second kappa shape index (κ2) is 8.63. The van der Waals surface area contributed by atoms with Crippen LogP contribution in [0.1, 0.15) is 21.5 Å². The topological polar surface area (TPSA) is 52.7 Å². The van der Waals surface area contributed by atoms with Crippen molar-refractivity contribution in [2.24, 2.45) is 0 Å². The zero-order valence-corrected chi connectivity index (χ0v) is 15.1. The van der Waals surface area contributed by atoms with Gasteiger partial charge in [-0.05, 0) is 24.1 Å². The van der Waals surface area contributed by atoms with Crippen LogP contribution in [0, 0.1) is 6.92 Å². The van der Waals surface area contributed by atoms with Gasteiger partial charge in [0.05, 0.1) is 0 Å². The van der Waals surface area contributed by atoms with Crippen LogP contribution in [0.4, 0.5) is 0 Å². The molecule has 1 fully saturated rings. The number of rotatable bonds is 5. The zero-order chi connectivity index (χ0) is 18.4. The van der Waals surface area contributed by atoms with E-state index >= 15 is 0 Å². The Bertz CT molecular complexity index is 755. The Balaban J connectivity index is 1.80. The van der Waals surface area contributed by atoms with Gasteiger partial charge in [0.15, 0.2) is 0 Å². The quantitative estimate of drug-likeness (QED) is 0.897. The lowest BCUT2D eigenvalue weighted by atomic mass is 10.1. The number of hydrogen-bond acceptors (Lipinski definition) is 3. The molecule has 1 N–H and O–H groups in total. The first-order valence-corrected chi connectivity index (χ1v) is 9.02. The maximum atomic E-state index is 13.1. The van der Waals surface area contributed by atoms with Gasteiger partial charge in [-0.25, -0.2) is 0 Å². The summed E-state index contributed by atoms with van der Waals surface area (Å²) in [4.78, 5) is 29.3. The number of carbonyl (C=O) groups is 2. The van der Waals surface area contributed by atoms with Crippen LogP contribution < -0.4 is 5.32 Å². The van der Waals surface area contributed by atoms with Gasteiger partial charge >= 0.3 is 0 Å². The molecule has 1 aliphatic rings. The smallest absolute Gasteiger partial charge is 0.254 e. The molecule has 2 amide bonds. The molecular formula is C21H25N3O2. The monoisotopic (exact) mass is 351 g/mol. The van der Waals surface area contributed by atoms with Gasteiger partial charge < -0.3 is 15.1 Å². The molecule has 1 aliphatic heterocycles. The maximum absolute atomic E-state index is 13.1. The van der Waals surface area contributed by atoms with Crippen LogP contribution in [0.2, 0.25) is 0 Å². The molecule has 5 nitrogen and oxygen atoms in total. The number of benzene rings is 2. The minimum absolute atomic E-state index is 0.00404. The Morgan fingerprint density at radius 1 is 1.00 bits per heavy atom. The van der Waals surface area contributed by atoms with E-state index in [1.165, 1.54) is 0 Å². The highest BCUT2D eigenvalue weighted by Gasteiger charge is 2.24. The van der Waals surface area contributed by atoms with Crippen LogP contribution >= 0.6 is 0 Å². The van der Waals surface area contributed by atoms with Crippen molar-refractivity contribution in [1.29, 1.82) is 0 Å². The normalized spacial score (nSPS) is 14.1. The Labute approximate surface area is 154 Å². The Morgan fingerprint density at radius 3 is 2.35 bits per heavy atom. The van der Waals surface area contributed by atoms with Crippen molar-refractivity contribution >= 4 is 11.8 Å². The highest BCUT2D eigenvalue weighted by Crippen LogP contribution is 2.14. The number of nitrogens with zero attached hydrogens (tertiary/aromatic N) is 2. The summed E-state index contributed by atoms with van der Waals surface area (Å²) in [6.07, 6.45) is 0. The largest absolute Gasteiger partial charge is 0.339 e. The molecule has 136 valence electrons. The fraction of sp³-hybridized carbons (Fsp3) is 0.333. The Hall–Kier alpha value is -2.66. The van der Waals surface area contributed by atoms with E-state index in [0.717, 1.165) is 24.2 Å². The van der Waals surface area contributed by atoms with Gasteiger partial charge in [0.1, 0.15) is 6.54 Å². The number of carbonyl (C=O) groups excluding carboxylic acids is 2. The van der Waals surface area contributed by atoms with Gasteiger partial charge in [0.2, 0.25) is 5.91 Å². The van der Waals surface area contributed by atoms with E-state index in [9.17, 15) is 9.59 Å². The summed E-state index contributed by atoms with van der Waals surface area (Å²) in [6, 6.07) is 17.3. The summed E-state index contributed by atoms with van der Waals surface area (Å²) < 4.78 is 0. The molecule has 0 radical (unpaired) electrons. The summed E-state index contributed by atoms with van der Waals surface area (Å²) in [6.45, 7) is 5.43. The van der Waals surface area contributed by atoms with Crippen molar-refractivity contribution in [3.8, 4) is 0 Å². The summed E-state index contributed by atoms with van der Waals surface area (Å²) in [5.74, 6) is -0.0974. The SMILES string of the molecule is Cc1ccccc1C(=O)N(CC(=O)N1CCNCC1)Cc1ccccc1. The lowest BCUT2D eigenvalue weighted by molar-refractivity contribution is -0.132. The first-order valence-electron chi connectivity index (χ1n) is 9.02. The third kappa shape index (κ3) is 4.49. The van der Waals surface area contributed by atoms with E-state index in [0.29, 0.717) is 25.2 Å². The van der Waals surface area contributed by atoms with Crippen molar-refractivity contribution < 1.29 is 9.59 Å². The van der Waals surface area contributed by atoms with Crippen LogP contribution in [-0.2, 0) is 11.3 Å². The van der Waals surface area contributed by atoms with Gasteiger partial charge in [-0.2, -0.15) is 0 Å². The maximum Gasteiger partial charge on any atom is 0.254 e. The van der Waals surface area contributed by atoms with E-state index in [4.69, 9.17) is 0 Å². The average Bonchev–Trinajstić information content (AvgIpc) is 2.69. The summed E-state index contributed by atoms with van der Waals surface area (Å²) in [5, 5.41) is 3.24. The van der Waals surface area contributed by atoms with Crippen molar-refractivity contribution in [3.63, 3.8) is 0 Å². The highest BCUT2D eigenvalue weighted by molar-refractivity contribution is 5.97. The van der Waals surface area contributed by atoms with E-state index in [2.05, 4.69) is 5.32 Å². The lowest BCUT2D eigenvalue weighted by Crippen LogP contribution is -2.50. The van der Waals surface area contributed by atoms with Crippen molar-refractivity contribution in [1.82, 2.24) is 15.1 Å². The predicted octanol–water partition coefficient (Wildman–Crippen LogP) is 2.07. The van der Waals surface area contributed by atoms with Crippen molar-refractivity contribution in [2.45, 2.75) is 13.5 Å². The predicted molar refractivity (Wildman–Crippen MR) is 102 cm³/mol. The Kier molecular flexibility index (Phi) is 6.02. The molecule has 0 aliphatic carbocycles. The van der Waals surface area contributed by atoms with Crippen LogP contribution in [0.15, 0.2) is 54.6 Å². The number of nitrogens with one attached hydrogen (secondary N) is 1. The molecule has 2 aromatic rings. The summed E-state index contributed by atoms with van der Waals surface area (Å²) >= 11 is 0. The molecule has 0 aromatic heterocycles. The fourth-order valence-corrected chi connectivity index (χ4v) is 3.16. The summed E-state index contributed by atoms with van der Waals surface area (Å²) in [5.41, 5.74) is 2.59. The molecule has 3 rings (SSSR count). The molecule has 1 heterocycles. The number of hydrogen-bond donors (Lipinski definition) is 1. The number of piperazine rings is 1. The van der Waals surface area contributed by atoms with E-state index in [-0.39, 0.29) is 18.4 Å². The molecule has 1 saturated heterocycles. The number of amides is 2. The zero-order valence-electron chi connectivity index (χ0n) is 15.1. The van der Waals surface area contributed by atoms with Crippen molar-refractivity contribution in [3.05, 3.63) is 71.3 Å². The first-order chi connectivity index (χ1) is 12.6. The molecule has 0 unspecified atom stereocenters. The molecule has 0 atom stereocenters. The van der Waals surface area contributed by atoms with Gasteiger partial charge in [0, 0.05) is 38.3 Å². The van der Waals surface area contributed by atoms with Crippen LogP contribution in [-0.4, -0.2) is 54.3 Å². The first kappa shape index (κ1) is 18.1. The minimum Gasteiger partial charge on any atom is -0.339 e. The minimum atomic E-state index is -0.101. The molecule has 0 spiro atoms. The van der Waals surface area contributed by atoms with E-state index in [1.54, 1.807) is 4.90 Å². The molecule has 26 heavy (non-hydrogen) atoms. The van der Waals surface area contributed by atoms with Gasteiger partial charge in [-0.1, -0.05) is 48.5 Å². The second-order valence-corrected chi connectivity index (χ2v) is 6.59. The van der Waals surface area contributed by atoms with Crippen molar-refractivity contribution in [2.75, 3.05) is 32.7 Å². The second-order valence-electron chi connectivity index (χ2n) is 6.59. The van der Waals surface area contributed by atoms with Crippen LogP contribution in [0.25, 0.3) is 0 Å². The standard InChI is InChI=1S/C21H25N3O2/c1-17-7-5-6-10-19(17)21(26)24(15-18-8-3-2-4-9-18)16-20(25)23-13-11-22-12-14-23/h2-10,22H,11-16H2,1H3. The highest BCUT2D eigenvalue weighted by atomic mass is 16.2. The van der Waals surface area contributed by atoms with Gasteiger partial charge in [-0.15, -0.1) is 0 Å². The molecule has 0 bridgehead atoms. The van der Waals surface area contributed by atoms with Gasteiger partial charge in [-0.3, -0.25) is 9.59 Å². The van der Waals surface area contributed by atoms with E-state index < -0.39 is 0 Å². The molecule has 5 heteroatoms. The van der Waals surface area contributed by atoms with Crippen LogP contribution in [0.5, 0.6) is 0 Å². The number of aryl methyl sites for hydroxylation is 1. The molecule has 0 saturated carbocycles. The fourth-order valence-electron chi connectivity index (χ4n) is 3.16. The molecular weight excluding hydrogens is 326 g/mol.